The van der Waals surface area contributed by atoms with Gasteiger partial charge in [-0.1, -0.05) is 18.2 Å². The van der Waals surface area contributed by atoms with E-state index < -0.39 is 10.1 Å². The molecule has 2 aromatic rings. The minimum absolute atomic E-state index is 0.158. The molecule has 0 heterocycles. The number of para-hydroxylation sites is 1. The van der Waals surface area contributed by atoms with Gasteiger partial charge < -0.3 is 4.18 Å². The first-order chi connectivity index (χ1) is 8.49. The van der Waals surface area contributed by atoms with Gasteiger partial charge in [-0.05, 0) is 65.4 Å². The van der Waals surface area contributed by atoms with E-state index in [1.165, 1.54) is 12.1 Å². The summed E-state index contributed by atoms with van der Waals surface area (Å²) in [6, 6.07) is 13.6. The Balaban J connectivity index is 2.33. The van der Waals surface area contributed by atoms with Crippen molar-refractivity contribution >= 4 is 32.7 Å². The number of hydrogen-bond donors (Lipinski definition) is 0. The lowest BCUT2D eigenvalue weighted by Gasteiger charge is -2.09. The SMILES string of the molecule is Cc1ccccc1OS(=O)(=O)c1ccc(I)cc1. The molecule has 3 nitrogen and oxygen atoms in total. The van der Waals surface area contributed by atoms with Crippen LogP contribution in [-0.4, -0.2) is 8.42 Å². The fourth-order valence-electron chi connectivity index (χ4n) is 1.42. The van der Waals surface area contributed by atoms with Crippen LogP contribution in [0.5, 0.6) is 5.75 Å². The van der Waals surface area contributed by atoms with Gasteiger partial charge in [0.05, 0.1) is 0 Å². The second-order valence-corrected chi connectivity index (χ2v) is 6.55. The van der Waals surface area contributed by atoms with Crippen molar-refractivity contribution in [2.75, 3.05) is 0 Å². The van der Waals surface area contributed by atoms with Crippen molar-refractivity contribution in [1.82, 2.24) is 0 Å². The third-order valence-corrected chi connectivity index (χ3v) is 4.36. The second kappa shape index (κ2) is 5.27. The van der Waals surface area contributed by atoms with Crippen LogP contribution in [0.15, 0.2) is 53.4 Å². The van der Waals surface area contributed by atoms with Gasteiger partial charge in [0, 0.05) is 3.57 Å². The Bertz CT molecular complexity index is 648. The summed E-state index contributed by atoms with van der Waals surface area (Å²) in [4.78, 5) is 0.158. The minimum Gasteiger partial charge on any atom is -0.379 e. The lowest BCUT2D eigenvalue weighted by molar-refractivity contribution is 0.484. The van der Waals surface area contributed by atoms with Gasteiger partial charge in [-0.15, -0.1) is 0 Å². The molecule has 94 valence electrons. The second-order valence-electron chi connectivity index (χ2n) is 3.76. The van der Waals surface area contributed by atoms with Crippen molar-refractivity contribution in [1.29, 1.82) is 0 Å². The van der Waals surface area contributed by atoms with Crippen molar-refractivity contribution in [3.63, 3.8) is 0 Å². The predicted octanol–water partition coefficient (Wildman–Crippen LogP) is 3.37. The lowest BCUT2D eigenvalue weighted by Crippen LogP contribution is -2.10. The molecule has 0 aliphatic carbocycles. The summed E-state index contributed by atoms with van der Waals surface area (Å²) in [5.41, 5.74) is 0.784. The normalized spacial score (nSPS) is 11.2. The molecule has 0 aliphatic rings. The fourth-order valence-corrected chi connectivity index (χ4v) is 2.77. The van der Waals surface area contributed by atoms with E-state index in [2.05, 4.69) is 22.6 Å². The van der Waals surface area contributed by atoms with Crippen LogP contribution in [0.3, 0.4) is 0 Å². The van der Waals surface area contributed by atoms with Crippen molar-refractivity contribution < 1.29 is 12.6 Å². The zero-order chi connectivity index (χ0) is 13.2. The van der Waals surface area contributed by atoms with Gasteiger partial charge >= 0.3 is 10.1 Å². The fraction of sp³-hybridized carbons (Fsp3) is 0.0769. The Kier molecular flexibility index (Phi) is 3.91. The van der Waals surface area contributed by atoms with Crippen LogP contribution >= 0.6 is 22.6 Å². The highest BCUT2D eigenvalue weighted by atomic mass is 127. The molecule has 0 aromatic heterocycles. The van der Waals surface area contributed by atoms with E-state index in [0.717, 1.165) is 9.13 Å². The number of benzene rings is 2. The first-order valence-corrected chi connectivity index (χ1v) is 7.73. The molecule has 0 aliphatic heterocycles. The molecule has 2 rings (SSSR count). The van der Waals surface area contributed by atoms with Gasteiger partial charge in [-0.25, -0.2) is 0 Å². The summed E-state index contributed by atoms with van der Waals surface area (Å²) in [7, 11) is -3.76. The molecule has 18 heavy (non-hydrogen) atoms. The molecule has 0 atom stereocenters. The maximum absolute atomic E-state index is 12.0. The van der Waals surface area contributed by atoms with Crippen molar-refractivity contribution in [2.45, 2.75) is 11.8 Å². The topological polar surface area (TPSA) is 43.4 Å². The third kappa shape index (κ3) is 3.02. The van der Waals surface area contributed by atoms with Crippen LogP contribution < -0.4 is 4.18 Å². The number of hydrogen-bond acceptors (Lipinski definition) is 3. The van der Waals surface area contributed by atoms with Crippen LogP contribution in [-0.2, 0) is 10.1 Å². The van der Waals surface area contributed by atoms with E-state index in [4.69, 9.17) is 4.18 Å². The molecular formula is C13H11IO3S. The van der Waals surface area contributed by atoms with Gasteiger partial charge in [0.1, 0.15) is 10.6 Å². The highest BCUT2D eigenvalue weighted by Gasteiger charge is 2.17. The van der Waals surface area contributed by atoms with Gasteiger partial charge in [-0.2, -0.15) is 8.42 Å². The Hall–Kier alpha value is -1.08. The Labute approximate surface area is 120 Å². The molecular weight excluding hydrogens is 363 g/mol. The van der Waals surface area contributed by atoms with Gasteiger partial charge in [-0.3, -0.25) is 0 Å². The van der Waals surface area contributed by atoms with Crippen molar-refractivity contribution in [3.05, 3.63) is 57.7 Å². The number of aryl methyl sites for hydroxylation is 1. The van der Waals surface area contributed by atoms with Crippen LogP contribution in [0.25, 0.3) is 0 Å². The summed E-state index contributed by atoms with van der Waals surface area (Å²) in [6.07, 6.45) is 0. The monoisotopic (exact) mass is 374 g/mol. The first-order valence-electron chi connectivity index (χ1n) is 5.25. The zero-order valence-electron chi connectivity index (χ0n) is 9.63. The quantitative estimate of drug-likeness (QED) is 0.611. The number of rotatable bonds is 3. The molecule has 0 unspecified atom stereocenters. The molecule has 0 radical (unpaired) electrons. The van der Waals surface area contributed by atoms with E-state index in [1.807, 2.05) is 6.07 Å². The molecule has 0 amide bonds. The summed E-state index contributed by atoms with van der Waals surface area (Å²) in [5, 5.41) is 0. The van der Waals surface area contributed by atoms with E-state index in [9.17, 15) is 8.42 Å². The summed E-state index contributed by atoms with van der Waals surface area (Å²) in [6.45, 7) is 1.80. The standard InChI is InChI=1S/C13H11IO3S/c1-10-4-2-3-5-13(10)17-18(15,16)12-8-6-11(14)7-9-12/h2-9H,1H3. The van der Waals surface area contributed by atoms with E-state index in [1.54, 1.807) is 37.3 Å². The Morgan fingerprint density at radius 2 is 1.61 bits per heavy atom. The molecule has 2 aromatic carbocycles. The zero-order valence-corrected chi connectivity index (χ0v) is 12.6. The van der Waals surface area contributed by atoms with Gasteiger partial charge in [0.25, 0.3) is 0 Å². The highest BCUT2D eigenvalue weighted by Crippen LogP contribution is 2.22. The summed E-state index contributed by atoms with van der Waals surface area (Å²) < 4.78 is 30.2. The van der Waals surface area contributed by atoms with Gasteiger partial charge in [0.15, 0.2) is 0 Å². The third-order valence-electron chi connectivity index (χ3n) is 2.40. The van der Waals surface area contributed by atoms with Crippen molar-refractivity contribution in [2.24, 2.45) is 0 Å². The molecule has 0 N–H and O–H groups in total. The van der Waals surface area contributed by atoms with E-state index >= 15 is 0 Å². The maximum atomic E-state index is 12.0. The molecule has 0 fully saturated rings. The van der Waals surface area contributed by atoms with Crippen LogP contribution in [0.1, 0.15) is 5.56 Å². The van der Waals surface area contributed by atoms with Gasteiger partial charge in [0.2, 0.25) is 0 Å². The average Bonchev–Trinajstić information content (AvgIpc) is 2.32. The van der Waals surface area contributed by atoms with E-state index in [0.29, 0.717) is 5.75 Å². The van der Waals surface area contributed by atoms with Crippen molar-refractivity contribution in [3.8, 4) is 5.75 Å². The Morgan fingerprint density at radius 3 is 2.22 bits per heavy atom. The lowest BCUT2D eigenvalue weighted by atomic mass is 10.2. The highest BCUT2D eigenvalue weighted by molar-refractivity contribution is 14.1. The molecule has 0 spiro atoms. The molecule has 5 heteroatoms. The minimum atomic E-state index is -3.76. The van der Waals surface area contributed by atoms with E-state index in [-0.39, 0.29) is 4.90 Å². The predicted molar refractivity (Wildman–Crippen MR) is 78.2 cm³/mol. The maximum Gasteiger partial charge on any atom is 0.339 e. The molecule has 0 saturated carbocycles. The molecule has 0 saturated heterocycles. The number of halogens is 1. The van der Waals surface area contributed by atoms with Crippen LogP contribution in [0.2, 0.25) is 0 Å². The van der Waals surface area contributed by atoms with Crippen LogP contribution in [0.4, 0.5) is 0 Å². The smallest absolute Gasteiger partial charge is 0.339 e. The summed E-state index contributed by atoms with van der Waals surface area (Å²) >= 11 is 2.12. The Morgan fingerprint density at radius 1 is 1.00 bits per heavy atom. The summed E-state index contributed by atoms with van der Waals surface area (Å²) in [5.74, 6) is 0.357. The largest absolute Gasteiger partial charge is 0.379 e. The first kappa shape index (κ1) is 13.4. The van der Waals surface area contributed by atoms with Crippen LogP contribution in [0, 0.1) is 10.5 Å². The molecule has 0 bridgehead atoms. The average molecular weight is 374 g/mol.